The van der Waals surface area contributed by atoms with Gasteiger partial charge in [0.05, 0.1) is 13.2 Å². The Hall–Kier alpha value is -1.06. The van der Waals surface area contributed by atoms with Crippen LogP contribution in [0.15, 0.2) is 18.2 Å². The van der Waals surface area contributed by atoms with Crippen LogP contribution in [-0.4, -0.2) is 35.7 Å². The number of aliphatic hydroxyl groups is 1. The van der Waals surface area contributed by atoms with Gasteiger partial charge >= 0.3 is 0 Å². The van der Waals surface area contributed by atoms with Gasteiger partial charge in [-0.25, -0.2) is 0 Å². The molecule has 1 aromatic carbocycles. The summed E-state index contributed by atoms with van der Waals surface area (Å²) in [4.78, 5) is 2.46. The Morgan fingerprint density at radius 2 is 2.00 bits per heavy atom. The van der Waals surface area contributed by atoms with E-state index in [1.807, 2.05) is 12.1 Å². The second-order valence-corrected chi connectivity index (χ2v) is 6.80. The van der Waals surface area contributed by atoms with Crippen molar-refractivity contribution in [1.82, 2.24) is 4.90 Å². The van der Waals surface area contributed by atoms with Gasteiger partial charge in [-0.2, -0.15) is 0 Å². The third-order valence-corrected chi connectivity index (χ3v) is 4.41. The lowest BCUT2D eigenvalue weighted by molar-refractivity contribution is 0.0128. The van der Waals surface area contributed by atoms with E-state index >= 15 is 0 Å². The molecule has 3 heteroatoms. The zero-order valence-electron chi connectivity index (χ0n) is 14.0. The monoisotopic (exact) mass is 291 g/mol. The van der Waals surface area contributed by atoms with Crippen LogP contribution in [0.5, 0.6) is 5.75 Å². The molecule has 1 aliphatic carbocycles. The van der Waals surface area contributed by atoms with Crippen LogP contribution in [0.2, 0.25) is 0 Å². The van der Waals surface area contributed by atoms with Gasteiger partial charge in [0.1, 0.15) is 5.75 Å². The van der Waals surface area contributed by atoms with Crippen LogP contribution in [0, 0.1) is 5.92 Å². The average molecular weight is 291 g/mol. The smallest absolute Gasteiger partial charge is 0.119 e. The van der Waals surface area contributed by atoms with Gasteiger partial charge in [0.15, 0.2) is 0 Å². The van der Waals surface area contributed by atoms with E-state index in [1.165, 1.54) is 5.56 Å². The van der Waals surface area contributed by atoms with Gasteiger partial charge < -0.3 is 9.84 Å². The van der Waals surface area contributed by atoms with Crippen LogP contribution < -0.4 is 4.74 Å². The molecule has 2 unspecified atom stereocenters. The Bertz CT molecular complexity index is 470. The van der Waals surface area contributed by atoms with Crippen molar-refractivity contribution in [3.05, 3.63) is 29.3 Å². The Morgan fingerprint density at radius 3 is 2.57 bits per heavy atom. The highest BCUT2D eigenvalue weighted by molar-refractivity contribution is 5.39. The molecule has 2 atom stereocenters. The van der Waals surface area contributed by atoms with Crippen LogP contribution in [0.4, 0.5) is 0 Å². The largest absolute Gasteiger partial charge is 0.497 e. The first-order valence-corrected chi connectivity index (χ1v) is 8.04. The fourth-order valence-electron chi connectivity index (χ4n) is 3.37. The fourth-order valence-corrected chi connectivity index (χ4v) is 3.37. The summed E-state index contributed by atoms with van der Waals surface area (Å²) in [7, 11) is 1.67. The van der Waals surface area contributed by atoms with E-state index in [-0.39, 0.29) is 6.04 Å². The van der Waals surface area contributed by atoms with Gasteiger partial charge in [-0.1, -0.05) is 19.9 Å². The van der Waals surface area contributed by atoms with Crippen molar-refractivity contribution in [2.45, 2.75) is 58.7 Å². The molecule has 118 valence electrons. The lowest BCUT2D eigenvalue weighted by atomic mass is 9.84. The first kappa shape index (κ1) is 16.3. The van der Waals surface area contributed by atoms with Crippen LogP contribution in [-0.2, 0) is 6.42 Å². The molecule has 21 heavy (non-hydrogen) atoms. The topological polar surface area (TPSA) is 32.7 Å². The van der Waals surface area contributed by atoms with E-state index in [4.69, 9.17) is 4.74 Å². The lowest BCUT2D eigenvalue weighted by Crippen LogP contribution is -2.47. The van der Waals surface area contributed by atoms with Crippen LogP contribution in [0.1, 0.15) is 51.3 Å². The van der Waals surface area contributed by atoms with E-state index in [2.05, 4.69) is 38.7 Å². The third kappa shape index (κ3) is 3.58. The number of fused-ring (bicyclic) bond motifs is 1. The first-order chi connectivity index (χ1) is 9.93. The minimum atomic E-state index is -0.426. The molecule has 0 amide bonds. The number of rotatable bonds is 5. The third-order valence-electron chi connectivity index (χ3n) is 4.41. The summed E-state index contributed by atoms with van der Waals surface area (Å²) in [6.45, 7) is 9.94. The summed E-state index contributed by atoms with van der Waals surface area (Å²) in [5.74, 6) is 1.43. The number of hydrogen-bond acceptors (Lipinski definition) is 3. The summed E-state index contributed by atoms with van der Waals surface area (Å²) < 4.78 is 5.31. The molecule has 0 aromatic heterocycles. The maximum atomic E-state index is 10.9. The normalized spacial score (nSPS) is 22.0. The Kier molecular flexibility index (Phi) is 5.28. The van der Waals surface area contributed by atoms with Gasteiger partial charge in [-0.15, -0.1) is 0 Å². The molecule has 3 nitrogen and oxygen atoms in total. The quantitative estimate of drug-likeness (QED) is 0.902. The highest BCUT2D eigenvalue weighted by Gasteiger charge is 2.33. The molecule has 0 bridgehead atoms. The Morgan fingerprint density at radius 1 is 1.29 bits per heavy atom. The lowest BCUT2D eigenvalue weighted by Gasteiger charge is -2.41. The summed E-state index contributed by atoms with van der Waals surface area (Å²) >= 11 is 0. The summed E-state index contributed by atoms with van der Waals surface area (Å²) in [6.07, 6.45) is 1.62. The molecule has 0 heterocycles. The highest BCUT2D eigenvalue weighted by Crippen LogP contribution is 2.36. The molecule has 2 rings (SSSR count). The molecular formula is C18H29NO2. The number of ether oxygens (including phenoxy) is 1. The number of hydrogen-bond donors (Lipinski definition) is 1. The number of aliphatic hydroxyl groups excluding tert-OH is 1. The summed E-state index contributed by atoms with van der Waals surface area (Å²) in [5, 5.41) is 10.9. The van der Waals surface area contributed by atoms with Crippen LogP contribution in [0.3, 0.4) is 0 Å². The van der Waals surface area contributed by atoms with Crippen LogP contribution >= 0.6 is 0 Å². The Balaban J connectivity index is 2.27. The number of aryl methyl sites for hydroxylation is 1. The van der Waals surface area contributed by atoms with Crippen molar-refractivity contribution in [2.75, 3.05) is 13.7 Å². The predicted octanol–water partition coefficient (Wildman–Crippen LogP) is 3.41. The second-order valence-electron chi connectivity index (χ2n) is 6.80. The number of nitrogens with zero attached hydrogens (tertiary/aromatic N) is 1. The minimum Gasteiger partial charge on any atom is -0.497 e. The van der Waals surface area contributed by atoms with Crippen molar-refractivity contribution in [1.29, 1.82) is 0 Å². The van der Waals surface area contributed by atoms with Crippen molar-refractivity contribution < 1.29 is 9.84 Å². The first-order valence-electron chi connectivity index (χ1n) is 8.04. The maximum absolute atomic E-state index is 10.9. The van der Waals surface area contributed by atoms with Crippen molar-refractivity contribution in [2.24, 2.45) is 5.92 Å². The minimum absolute atomic E-state index is 0.201. The van der Waals surface area contributed by atoms with E-state index in [0.29, 0.717) is 12.0 Å². The molecule has 0 saturated carbocycles. The van der Waals surface area contributed by atoms with Gasteiger partial charge in [-0.3, -0.25) is 4.90 Å². The summed E-state index contributed by atoms with van der Waals surface area (Å²) in [6, 6.07) is 6.72. The van der Waals surface area contributed by atoms with E-state index < -0.39 is 6.10 Å². The molecule has 0 aliphatic heterocycles. The van der Waals surface area contributed by atoms with Gasteiger partial charge in [0.2, 0.25) is 0 Å². The maximum Gasteiger partial charge on any atom is 0.119 e. The number of methoxy groups -OCH3 is 1. The molecule has 0 radical (unpaired) electrons. The van der Waals surface area contributed by atoms with Crippen molar-refractivity contribution in [3.8, 4) is 5.75 Å². The van der Waals surface area contributed by atoms with E-state index in [9.17, 15) is 5.11 Å². The van der Waals surface area contributed by atoms with Gasteiger partial charge in [0.25, 0.3) is 0 Å². The SMILES string of the molecule is COc1ccc2c(c1)C(O)C(N(CC(C)C)C(C)C)CC2. The Labute approximate surface area is 128 Å². The number of benzene rings is 1. The predicted molar refractivity (Wildman–Crippen MR) is 86.7 cm³/mol. The zero-order chi connectivity index (χ0) is 15.6. The molecule has 1 aliphatic rings. The van der Waals surface area contributed by atoms with Crippen molar-refractivity contribution >= 4 is 0 Å². The van der Waals surface area contributed by atoms with Crippen LogP contribution in [0.25, 0.3) is 0 Å². The molecular weight excluding hydrogens is 262 g/mol. The average Bonchev–Trinajstić information content (AvgIpc) is 2.45. The van der Waals surface area contributed by atoms with Gasteiger partial charge in [0, 0.05) is 18.6 Å². The molecule has 0 saturated heterocycles. The molecule has 1 N–H and O–H groups in total. The summed E-state index contributed by atoms with van der Waals surface area (Å²) in [5.41, 5.74) is 2.30. The molecule has 0 fully saturated rings. The molecule has 0 spiro atoms. The molecule has 1 aromatic rings. The second kappa shape index (κ2) is 6.80. The van der Waals surface area contributed by atoms with E-state index in [0.717, 1.165) is 30.7 Å². The highest BCUT2D eigenvalue weighted by atomic mass is 16.5. The van der Waals surface area contributed by atoms with Gasteiger partial charge in [-0.05, 0) is 55.9 Å². The standard InChI is InChI=1S/C18H29NO2/c1-12(2)11-19(13(3)4)17-9-7-14-6-8-15(21-5)10-16(14)18(17)20/h6,8,10,12-13,17-18,20H,7,9,11H2,1-5H3. The van der Waals surface area contributed by atoms with Crippen molar-refractivity contribution in [3.63, 3.8) is 0 Å². The zero-order valence-corrected chi connectivity index (χ0v) is 14.0. The van der Waals surface area contributed by atoms with E-state index in [1.54, 1.807) is 7.11 Å². The fraction of sp³-hybridized carbons (Fsp3) is 0.667.